The fourth-order valence-corrected chi connectivity index (χ4v) is 2.27. The summed E-state index contributed by atoms with van der Waals surface area (Å²) in [5.74, 6) is 0.402. The van der Waals surface area contributed by atoms with Crippen LogP contribution in [0.1, 0.15) is 19.4 Å². The number of nitrogens with zero attached hydrogens (tertiary/aromatic N) is 1. The van der Waals surface area contributed by atoms with Crippen molar-refractivity contribution in [1.29, 1.82) is 0 Å². The maximum atomic E-state index is 11.1. The second-order valence-electron chi connectivity index (χ2n) is 6.06. The minimum Gasteiger partial charge on any atom is -0.489 e. The van der Waals surface area contributed by atoms with Crippen molar-refractivity contribution in [3.63, 3.8) is 0 Å². The van der Waals surface area contributed by atoms with E-state index in [9.17, 15) is 4.79 Å². The number of primary amides is 1. The van der Waals surface area contributed by atoms with Gasteiger partial charge in [0.15, 0.2) is 0 Å². The van der Waals surface area contributed by atoms with Crippen LogP contribution < -0.4 is 15.4 Å². The summed E-state index contributed by atoms with van der Waals surface area (Å²) in [7, 11) is 0. The van der Waals surface area contributed by atoms with Crippen molar-refractivity contribution < 1.29 is 9.53 Å². The van der Waals surface area contributed by atoms with Gasteiger partial charge in [0, 0.05) is 18.8 Å². The Bertz CT molecular complexity index is 690. The highest BCUT2D eigenvalue weighted by molar-refractivity contribution is 5.83. The van der Waals surface area contributed by atoms with Crippen molar-refractivity contribution in [3.05, 3.63) is 78.2 Å². The van der Waals surface area contributed by atoms with E-state index in [1.807, 2.05) is 54.6 Å². The predicted molar refractivity (Wildman–Crippen MR) is 102 cm³/mol. The summed E-state index contributed by atoms with van der Waals surface area (Å²) in [6, 6.07) is 17.9. The monoisotopic (exact) mass is 337 g/mol. The second-order valence-corrected chi connectivity index (χ2v) is 6.06. The van der Waals surface area contributed by atoms with Gasteiger partial charge in [-0.2, -0.15) is 0 Å². The molecule has 2 aromatic rings. The van der Waals surface area contributed by atoms with Crippen LogP contribution >= 0.6 is 0 Å². The zero-order chi connectivity index (χ0) is 18.1. The van der Waals surface area contributed by atoms with E-state index in [1.165, 1.54) is 12.0 Å². The molecule has 2 aromatic carbocycles. The Morgan fingerprint density at radius 2 is 1.72 bits per heavy atom. The highest BCUT2D eigenvalue weighted by Crippen LogP contribution is 2.21. The van der Waals surface area contributed by atoms with Gasteiger partial charge in [0.05, 0.1) is 6.42 Å². The highest BCUT2D eigenvalue weighted by atomic mass is 16.5. The Morgan fingerprint density at radius 1 is 1.04 bits per heavy atom. The van der Waals surface area contributed by atoms with Crippen molar-refractivity contribution in [1.82, 2.24) is 0 Å². The average molecular weight is 337 g/mol. The first-order valence-corrected chi connectivity index (χ1v) is 8.32. The molecule has 131 valence electrons. The van der Waals surface area contributed by atoms with E-state index in [4.69, 9.17) is 10.5 Å². The number of benzene rings is 2. The number of anilines is 1. The third-order valence-corrected chi connectivity index (χ3v) is 3.68. The zero-order valence-corrected chi connectivity index (χ0v) is 14.8. The number of amides is 1. The number of carbonyl (C=O) groups is 1. The maximum absolute atomic E-state index is 11.1. The number of rotatable bonds is 9. The summed E-state index contributed by atoms with van der Waals surface area (Å²) in [4.78, 5) is 13.1. The molecule has 1 amide bonds. The summed E-state index contributed by atoms with van der Waals surface area (Å²) >= 11 is 0. The molecule has 0 saturated heterocycles. The Kier molecular flexibility index (Phi) is 7.08. The average Bonchev–Trinajstić information content (AvgIpc) is 2.61. The SMILES string of the molecule is CC(C)=CCN(C[CH]C(N)=O)c1ccc(OCc2ccccc2)cc1. The first-order valence-electron chi connectivity index (χ1n) is 8.32. The molecule has 1 radical (unpaired) electrons. The largest absolute Gasteiger partial charge is 0.489 e. The molecule has 0 aliphatic heterocycles. The van der Waals surface area contributed by atoms with Crippen LogP contribution in [0.5, 0.6) is 5.75 Å². The minimum absolute atomic E-state index is 0.412. The zero-order valence-electron chi connectivity index (χ0n) is 14.8. The van der Waals surface area contributed by atoms with Gasteiger partial charge in [-0.15, -0.1) is 0 Å². The number of hydrogen-bond acceptors (Lipinski definition) is 3. The van der Waals surface area contributed by atoms with Gasteiger partial charge in [0.2, 0.25) is 5.91 Å². The molecule has 4 nitrogen and oxygen atoms in total. The maximum Gasteiger partial charge on any atom is 0.223 e. The lowest BCUT2D eigenvalue weighted by molar-refractivity contribution is -0.114. The smallest absolute Gasteiger partial charge is 0.223 e. The van der Waals surface area contributed by atoms with E-state index in [1.54, 1.807) is 0 Å². The molecular weight excluding hydrogens is 312 g/mol. The van der Waals surface area contributed by atoms with Crippen LogP contribution in [0.25, 0.3) is 0 Å². The van der Waals surface area contributed by atoms with Gasteiger partial charge < -0.3 is 15.4 Å². The van der Waals surface area contributed by atoms with Crippen LogP contribution in [-0.4, -0.2) is 19.0 Å². The summed E-state index contributed by atoms with van der Waals surface area (Å²) in [5.41, 5.74) is 8.61. The number of hydrogen-bond donors (Lipinski definition) is 1. The second kappa shape index (κ2) is 9.52. The first kappa shape index (κ1) is 18.6. The van der Waals surface area contributed by atoms with E-state index in [-0.39, 0.29) is 0 Å². The highest BCUT2D eigenvalue weighted by Gasteiger charge is 2.08. The standard InChI is InChI=1S/C21H25N2O2/c1-17(2)12-14-23(15-13-21(22)24)19-8-10-20(11-9-19)25-16-18-6-4-3-5-7-18/h3-13H,14-16H2,1-2H3,(H2,22,24). The summed E-state index contributed by atoms with van der Waals surface area (Å²) in [5, 5.41) is 0. The Morgan fingerprint density at radius 3 is 2.32 bits per heavy atom. The van der Waals surface area contributed by atoms with Gasteiger partial charge >= 0.3 is 0 Å². The molecule has 0 aliphatic carbocycles. The molecule has 0 unspecified atom stereocenters. The van der Waals surface area contributed by atoms with E-state index < -0.39 is 5.91 Å². The quantitative estimate of drug-likeness (QED) is 0.709. The fourth-order valence-electron chi connectivity index (χ4n) is 2.27. The lowest BCUT2D eigenvalue weighted by Gasteiger charge is -2.23. The van der Waals surface area contributed by atoms with Crippen molar-refractivity contribution in [3.8, 4) is 5.75 Å². The van der Waals surface area contributed by atoms with Crippen molar-refractivity contribution in [2.45, 2.75) is 20.5 Å². The molecule has 0 aliphatic rings. The fraction of sp³-hybridized carbons (Fsp3) is 0.238. The predicted octanol–water partition coefficient (Wildman–Crippen LogP) is 3.73. The normalized spacial score (nSPS) is 10.2. The van der Waals surface area contributed by atoms with Crippen molar-refractivity contribution in [2.24, 2.45) is 5.73 Å². The van der Waals surface area contributed by atoms with E-state index in [2.05, 4.69) is 24.8 Å². The Labute approximate surface area is 149 Å². The van der Waals surface area contributed by atoms with Crippen molar-refractivity contribution >= 4 is 11.6 Å². The molecule has 25 heavy (non-hydrogen) atoms. The Balaban J connectivity index is 2.00. The van der Waals surface area contributed by atoms with Gasteiger partial charge in [-0.1, -0.05) is 42.0 Å². The Hall–Kier alpha value is -2.75. The van der Waals surface area contributed by atoms with Crippen LogP contribution in [-0.2, 0) is 11.4 Å². The summed E-state index contributed by atoms with van der Waals surface area (Å²) < 4.78 is 5.81. The summed E-state index contributed by atoms with van der Waals surface area (Å²) in [6.45, 7) is 5.84. The molecule has 0 fully saturated rings. The van der Waals surface area contributed by atoms with Crippen molar-refractivity contribution in [2.75, 3.05) is 18.0 Å². The third kappa shape index (κ3) is 6.71. The molecule has 0 bridgehead atoms. The summed E-state index contributed by atoms with van der Waals surface area (Å²) in [6.07, 6.45) is 3.60. The van der Waals surface area contributed by atoms with Crippen LogP contribution in [0.3, 0.4) is 0 Å². The molecule has 0 heterocycles. The lowest BCUT2D eigenvalue weighted by Crippen LogP contribution is -2.28. The van der Waals surface area contributed by atoms with Gasteiger partial charge in [-0.3, -0.25) is 4.79 Å². The first-order chi connectivity index (χ1) is 12.0. The number of nitrogens with two attached hydrogens (primary N) is 1. The minimum atomic E-state index is -0.412. The molecule has 0 saturated carbocycles. The lowest BCUT2D eigenvalue weighted by atomic mass is 10.2. The number of allylic oxidation sites excluding steroid dienone is 1. The van der Waals surface area contributed by atoms with Gasteiger partial charge in [-0.25, -0.2) is 0 Å². The molecular formula is C21H25N2O2. The van der Waals surface area contributed by atoms with E-state index in [0.29, 0.717) is 13.2 Å². The molecule has 2 rings (SSSR count). The number of ether oxygens (including phenoxy) is 1. The van der Waals surface area contributed by atoms with E-state index in [0.717, 1.165) is 23.5 Å². The van der Waals surface area contributed by atoms with Gasteiger partial charge in [0.1, 0.15) is 12.4 Å². The topological polar surface area (TPSA) is 55.6 Å². The van der Waals surface area contributed by atoms with Crippen LogP contribution in [0, 0.1) is 6.42 Å². The van der Waals surface area contributed by atoms with Crippen LogP contribution in [0.15, 0.2) is 66.2 Å². The third-order valence-electron chi connectivity index (χ3n) is 3.68. The molecule has 0 aromatic heterocycles. The molecule has 2 N–H and O–H groups in total. The van der Waals surface area contributed by atoms with Gasteiger partial charge in [0.25, 0.3) is 0 Å². The van der Waals surface area contributed by atoms with E-state index >= 15 is 0 Å². The van der Waals surface area contributed by atoms with Gasteiger partial charge in [-0.05, 0) is 43.7 Å². The molecule has 0 atom stereocenters. The van der Waals surface area contributed by atoms with Crippen LogP contribution in [0.2, 0.25) is 0 Å². The number of carbonyl (C=O) groups excluding carboxylic acids is 1. The molecule has 4 heteroatoms. The molecule has 0 spiro atoms. The van der Waals surface area contributed by atoms with Crippen LogP contribution in [0.4, 0.5) is 5.69 Å².